The van der Waals surface area contributed by atoms with E-state index in [1.807, 2.05) is 13.8 Å². The summed E-state index contributed by atoms with van der Waals surface area (Å²) in [4.78, 5) is 0. The zero-order valence-corrected chi connectivity index (χ0v) is 9.98. The van der Waals surface area contributed by atoms with Crippen molar-refractivity contribution in [2.45, 2.75) is 43.8 Å². The van der Waals surface area contributed by atoms with Gasteiger partial charge in [0.05, 0.1) is 12.7 Å². The summed E-state index contributed by atoms with van der Waals surface area (Å²) in [5, 5.41) is 0.375. The SMILES string of the molecule is CC1(C)OCC(CC(S)CCS)O1. The van der Waals surface area contributed by atoms with Gasteiger partial charge >= 0.3 is 0 Å². The van der Waals surface area contributed by atoms with Crippen LogP contribution in [0.5, 0.6) is 0 Å². The van der Waals surface area contributed by atoms with Crippen molar-refractivity contribution in [1.82, 2.24) is 0 Å². The van der Waals surface area contributed by atoms with Crippen LogP contribution in [0.2, 0.25) is 0 Å². The van der Waals surface area contributed by atoms with E-state index in [0.717, 1.165) is 18.6 Å². The minimum atomic E-state index is -0.404. The van der Waals surface area contributed by atoms with E-state index >= 15 is 0 Å². The summed E-state index contributed by atoms with van der Waals surface area (Å²) in [6.07, 6.45) is 2.18. The van der Waals surface area contributed by atoms with Gasteiger partial charge in [0.15, 0.2) is 5.79 Å². The molecule has 2 nitrogen and oxygen atoms in total. The normalized spacial score (nSPS) is 29.1. The topological polar surface area (TPSA) is 18.5 Å². The molecule has 1 fully saturated rings. The Morgan fingerprint density at radius 2 is 2.23 bits per heavy atom. The van der Waals surface area contributed by atoms with Crippen molar-refractivity contribution in [2.75, 3.05) is 12.4 Å². The molecule has 0 bridgehead atoms. The lowest BCUT2D eigenvalue weighted by atomic mass is 10.1. The van der Waals surface area contributed by atoms with Crippen LogP contribution in [0, 0.1) is 0 Å². The minimum absolute atomic E-state index is 0.206. The predicted octanol–water partition coefficient (Wildman–Crippen LogP) is 2.15. The molecule has 0 aliphatic carbocycles. The van der Waals surface area contributed by atoms with Crippen molar-refractivity contribution in [3.8, 4) is 0 Å². The Balaban J connectivity index is 2.24. The van der Waals surface area contributed by atoms with E-state index in [2.05, 4.69) is 25.3 Å². The average Bonchev–Trinajstić information content (AvgIpc) is 2.30. The van der Waals surface area contributed by atoms with Crippen LogP contribution in [0.4, 0.5) is 0 Å². The van der Waals surface area contributed by atoms with Crippen LogP contribution in [-0.2, 0) is 9.47 Å². The summed E-state index contributed by atoms with van der Waals surface area (Å²) in [6, 6.07) is 0. The molecule has 2 atom stereocenters. The van der Waals surface area contributed by atoms with Crippen molar-refractivity contribution in [3.05, 3.63) is 0 Å². The number of hydrogen-bond acceptors (Lipinski definition) is 4. The maximum absolute atomic E-state index is 5.67. The zero-order valence-electron chi connectivity index (χ0n) is 8.19. The zero-order chi connectivity index (χ0) is 9.90. The molecular formula is C9H18O2S2. The molecule has 0 aromatic heterocycles. The molecule has 1 aliphatic heterocycles. The molecule has 0 spiro atoms. The largest absolute Gasteiger partial charge is 0.348 e. The van der Waals surface area contributed by atoms with Crippen LogP contribution in [0.25, 0.3) is 0 Å². The second-order valence-corrected chi connectivity index (χ2v) is 5.03. The van der Waals surface area contributed by atoms with Gasteiger partial charge in [-0.1, -0.05) is 0 Å². The van der Waals surface area contributed by atoms with Crippen molar-refractivity contribution >= 4 is 25.3 Å². The quantitative estimate of drug-likeness (QED) is 0.710. The fourth-order valence-corrected chi connectivity index (χ4v) is 2.33. The minimum Gasteiger partial charge on any atom is -0.348 e. The molecule has 2 unspecified atom stereocenters. The Morgan fingerprint density at radius 3 is 2.69 bits per heavy atom. The first-order valence-electron chi connectivity index (χ1n) is 4.64. The first-order valence-corrected chi connectivity index (χ1v) is 5.79. The molecule has 4 heteroatoms. The van der Waals surface area contributed by atoms with E-state index in [1.54, 1.807) is 0 Å². The van der Waals surface area contributed by atoms with Crippen LogP contribution in [0.3, 0.4) is 0 Å². The summed E-state index contributed by atoms with van der Waals surface area (Å²) in [6.45, 7) is 4.58. The molecule has 0 aromatic carbocycles. The molecule has 0 aromatic rings. The molecule has 1 heterocycles. The molecule has 0 amide bonds. The Hall–Kier alpha value is 0.620. The maximum atomic E-state index is 5.67. The highest BCUT2D eigenvalue weighted by molar-refractivity contribution is 7.81. The van der Waals surface area contributed by atoms with Crippen molar-refractivity contribution in [2.24, 2.45) is 0 Å². The number of thiol groups is 2. The summed E-state index contributed by atoms with van der Waals surface area (Å²) in [7, 11) is 0. The fourth-order valence-electron chi connectivity index (χ4n) is 1.45. The van der Waals surface area contributed by atoms with Gasteiger partial charge in [-0.2, -0.15) is 25.3 Å². The lowest BCUT2D eigenvalue weighted by molar-refractivity contribution is -0.138. The van der Waals surface area contributed by atoms with E-state index in [0.29, 0.717) is 11.9 Å². The Bertz CT molecular complexity index is 162. The third kappa shape index (κ3) is 4.11. The lowest BCUT2D eigenvalue weighted by Crippen LogP contribution is -2.23. The predicted molar refractivity (Wildman–Crippen MR) is 60.8 cm³/mol. The van der Waals surface area contributed by atoms with Gasteiger partial charge in [0.25, 0.3) is 0 Å². The second kappa shape index (κ2) is 4.91. The third-order valence-corrected chi connectivity index (χ3v) is 2.79. The average molecular weight is 222 g/mol. The summed E-state index contributed by atoms with van der Waals surface area (Å²) < 4.78 is 11.1. The first kappa shape index (κ1) is 11.7. The van der Waals surface area contributed by atoms with Gasteiger partial charge < -0.3 is 9.47 Å². The van der Waals surface area contributed by atoms with Gasteiger partial charge in [0.1, 0.15) is 0 Å². The van der Waals surface area contributed by atoms with Crippen molar-refractivity contribution in [3.63, 3.8) is 0 Å². The van der Waals surface area contributed by atoms with Crippen LogP contribution in [-0.4, -0.2) is 29.5 Å². The van der Waals surface area contributed by atoms with Gasteiger partial charge in [-0.05, 0) is 32.4 Å². The fraction of sp³-hybridized carbons (Fsp3) is 1.00. The summed E-state index contributed by atoms with van der Waals surface area (Å²) in [5.41, 5.74) is 0. The third-order valence-electron chi connectivity index (χ3n) is 2.06. The van der Waals surface area contributed by atoms with Gasteiger partial charge in [-0.25, -0.2) is 0 Å². The van der Waals surface area contributed by atoms with Crippen molar-refractivity contribution in [1.29, 1.82) is 0 Å². The number of ether oxygens (including phenoxy) is 2. The molecule has 1 saturated heterocycles. The first-order chi connectivity index (χ1) is 6.03. The second-order valence-electron chi connectivity index (χ2n) is 3.85. The Kier molecular flexibility index (Phi) is 4.42. The van der Waals surface area contributed by atoms with Crippen LogP contribution in [0.15, 0.2) is 0 Å². The molecular weight excluding hydrogens is 204 g/mol. The Morgan fingerprint density at radius 1 is 1.54 bits per heavy atom. The van der Waals surface area contributed by atoms with Gasteiger partial charge in [-0.15, -0.1) is 0 Å². The molecule has 1 aliphatic rings. The highest BCUT2D eigenvalue weighted by Gasteiger charge is 2.33. The summed E-state index contributed by atoms with van der Waals surface area (Å²) >= 11 is 8.63. The number of hydrogen-bond donors (Lipinski definition) is 2. The van der Waals surface area contributed by atoms with E-state index < -0.39 is 5.79 Å². The van der Waals surface area contributed by atoms with Gasteiger partial charge in [-0.3, -0.25) is 0 Å². The number of rotatable bonds is 4. The van der Waals surface area contributed by atoms with Crippen molar-refractivity contribution < 1.29 is 9.47 Å². The molecule has 1 rings (SSSR count). The maximum Gasteiger partial charge on any atom is 0.163 e. The van der Waals surface area contributed by atoms with Crippen LogP contribution in [0.1, 0.15) is 26.7 Å². The van der Waals surface area contributed by atoms with Gasteiger partial charge in [0, 0.05) is 5.25 Å². The molecule has 0 N–H and O–H groups in total. The monoisotopic (exact) mass is 222 g/mol. The molecule has 78 valence electrons. The smallest absolute Gasteiger partial charge is 0.163 e. The lowest BCUT2D eigenvalue weighted by Gasteiger charge is -2.18. The Labute approximate surface area is 91.2 Å². The molecule has 13 heavy (non-hydrogen) atoms. The van der Waals surface area contributed by atoms with E-state index in [1.165, 1.54) is 0 Å². The highest BCUT2D eigenvalue weighted by Crippen LogP contribution is 2.26. The van der Waals surface area contributed by atoms with E-state index in [4.69, 9.17) is 9.47 Å². The van der Waals surface area contributed by atoms with E-state index in [-0.39, 0.29) is 6.10 Å². The molecule has 0 saturated carbocycles. The van der Waals surface area contributed by atoms with E-state index in [9.17, 15) is 0 Å². The van der Waals surface area contributed by atoms with Crippen LogP contribution < -0.4 is 0 Å². The standard InChI is InChI=1S/C9H18O2S2/c1-9(2)10-6-7(11-9)5-8(13)3-4-12/h7-8,12-13H,3-6H2,1-2H3. The summed E-state index contributed by atoms with van der Waals surface area (Å²) in [5.74, 6) is 0.476. The molecule has 0 radical (unpaired) electrons. The van der Waals surface area contributed by atoms with Gasteiger partial charge in [0.2, 0.25) is 0 Å². The highest BCUT2D eigenvalue weighted by atomic mass is 32.1. The van der Waals surface area contributed by atoms with Crippen LogP contribution >= 0.6 is 25.3 Å².